The van der Waals surface area contributed by atoms with E-state index in [1.54, 1.807) is 22.5 Å². The van der Waals surface area contributed by atoms with Crippen molar-refractivity contribution in [1.29, 1.82) is 0 Å². The number of likely N-dealkylation sites (tertiary alicyclic amines) is 2. The van der Waals surface area contributed by atoms with Gasteiger partial charge in [-0.3, -0.25) is 23.9 Å². The molecule has 8 nitrogen and oxygen atoms in total. The smallest absolute Gasteiger partial charge is 0.251 e. The fraction of sp³-hybridized carbons (Fsp3) is 0.650. The van der Waals surface area contributed by atoms with Crippen LogP contribution in [0.3, 0.4) is 0 Å². The van der Waals surface area contributed by atoms with Gasteiger partial charge < -0.3 is 15.3 Å². The van der Waals surface area contributed by atoms with Gasteiger partial charge in [-0.1, -0.05) is 6.07 Å². The molecule has 2 fully saturated rings. The summed E-state index contributed by atoms with van der Waals surface area (Å²) in [6.45, 7) is 3.38. The Morgan fingerprint density at radius 2 is 2.00 bits per heavy atom. The molecular formula is C20H28N4O4. The van der Waals surface area contributed by atoms with E-state index in [-0.39, 0.29) is 47.9 Å². The normalized spacial score (nSPS) is 32.1. The van der Waals surface area contributed by atoms with Crippen molar-refractivity contribution < 1.29 is 14.7 Å². The molecule has 0 spiro atoms. The number of amides is 2. The second kappa shape index (κ2) is 7.33. The van der Waals surface area contributed by atoms with Crippen molar-refractivity contribution in [1.82, 2.24) is 19.7 Å². The number of likely N-dealkylation sites (N-methyl/N-ethyl adjacent to an activating group) is 1. The predicted molar refractivity (Wildman–Crippen MR) is 103 cm³/mol. The van der Waals surface area contributed by atoms with Gasteiger partial charge in [-0.25, -0.2) is 0 Å². The van der Waals surface area contributed by atoms with Crippen molar-refractivity contribution in [3.05, 3.63) is 34.2 Å². The number of aliphatic hydroxyl groups excluding tert-OH is 1. The van der Waals surface area contributed by atoms with E-state index in [2.05, 4.69) is 5.32 Å². The van der Waals surface area contributed by atoms with Gasteiger partial charge in [0.2, 0.25) is 11.8 Å². The minimum atomic E-state index is -0.611. The Morgan fingerprint density at radius 3 is 2.68 bits per heavy atom. The number of carbonyl (C=O) groups is 2. The summed E-state index contributed by atoms with van der Waals surface area (Å²) in [7, 11) is 1.93. The van der Waals surface area contributed by atoms with Gasteiger partial charge in [0, 0.05) is 62.2 Å². The first-order chi connectivity index (χ1) is 13.4. The maximum absolute atomic E-state index is 13.3. The maximum Gasteiger partial charge on any atom is 0.251 e. The zero-order chi connectivity index (χ0) is 20.0. The lowest BCUT2D eigenvalue weighted by molar-refractivity contribution is -0.135. The van der Waals surface area contributed by atoms with Gasteiger partial charge in [0.15, 0.2) is 0 Å². The monoisotopic (exact) mass is 388 g/mol. The van der Waals surface area contributed by atoms with Gasteiger partial charge in [0.1, 0.15) is 6.04 Å². The molecule has 0 aromatic carbocycles. The molecule has 28 heavy (non-hydrogen) atoms. The molecule has 0 unspecified atom stereocenters. The number of fused-ring (bicyclic) bond motifs is 4. The van der Waals surface area contributed by atoms with Crippen LogP contribution in [0.1, 0.15) is 37.4 Å². The summed E-state index contributed by atoms with van der Waals surface area (Å²) in [6, 6.07) is 4.51. The molecule has 4 rings (SSSR count). The molecule has 3 aliphatic heterocycles. The fourth-order valence-electron chi connectivity index (χ4n) is 5.21. The van der Waals surface area contributed by atoms with Crippen LogP contribution >= 0.6 is 0 Å². The Bertz CT molecular complexity index is 838. The van der Waals surface area contributed by atoms with E-state index >= 15 is 0 Å². The number of hydrogen-bond donors (Lipinski definition) is 2. The molecule has 2 saturated heterocycles. The topological polar surface area (TPSA) is 94.9 Å². The highest BCUT2D eigenvalue weighted by Crippen LogP contribution is 2.41. The molecule has 0 radical (unpaired) electrons. The van der Waals surface area contributed by atoms with E-state index in [9.17, 15) is 19.5 Å². The van der Waals surface area contributed by atoms with Crippen LogP contribution in [0.2, 0.25) is 0 Å². The summed E-state index contributed by atoms with van der Waals surface area (Å²) in [6.07, 6.45) is 1.49. The molecule has 2 amide bonds. The van der Waals surface area contributed by atoms with Gasteiger partial charge in [0.05, 0.1) is 6.61 Å². The number of aromatic nitrogens is 1. The zero-order valence-corrected chi connectivity index (χ0v) is 16.4. The number of pyridine rings is 1. The summed E-state index contributed by atoms with van der Waals surface area (Å²) in [4.78, 5) is 41.8. The van der Waals surface area contributed by atoms with Crippen LogP contribution in [0.5, 0.6) is 0 Å². The van der Waals surface area contributed by atoms with Gasteiger partial charge in [-0.15, -0.1) is 0 Å². The highest BCUT2D eigenvalue weighted by atomic mass is 16.3. The van der Waals surface area contributed by atoms with Gasteiger partial charge in [0.25, 0.3) is 5.56 Å². The van der Waals surface area contributed by atoms with E-state index in [0.29, 0.717) is 26.1 Å². The third kappa shape index (κ3) is 3.24. The van der Waals surface area contributed by atoms with Crippen LogP contribution < -0.4 is 10.9 Å². The van der Waals surface area contributed by atoms with Crippen LogP contribution in [-0.4, -0.2) is 76.7 Å². The summed E-state index contributed by atoms with van der Waals surface area (Å²) in [5.41, 5.74) is 0.673. The molecule has 3 aliphatic rings. The van der Waals surface area contributed by atoms with Crippen LogP contribution in [-0.2, 0) is 9.59 Å². The number of aliphatic hydroxyl groups is 1. The average Bonchev–Trinajstić information content (AvgIpc) is 3.01. The lowest BCUT2D eigenvalue weighted by Crippen LogP contribution is -2.55. The van der Waals surface area contributed by atoms with Gasteiger partial charge >= 0.3 is 0 Å². The van der Waals surface area contributed by atoms with E-state index < -0.39 is 6.04 Å². The van der Waals surface area contributed by atoms with Crippen molar-refractivity contribution >= 4 is 11.8 Å². The number of nitrogens with zero attached hydrogens (tertiary/aromatic N) is 3. The van der Waals surface area contributed by atoms with E-state index in [4.69, 9.17) is 0 Å². The highest BCUT2D eigenvalue weighted by Gasteiger charge is 2.45. The molecule has 0 saturated carbocycles. The van der Waals surface area contributed by atoms with Crippen molar-refractivity contribution in [2.75, 3.05) is 33.3 Å². The first-order valence-electron chi connectivity index (χ1n) is 9.97. The lowest BCUT2D eigenvalue weighted by atomic mass is 9.78. The van der Waals surface area contributed by atoms with Gasteiger partial charge in [-0.2, -0.15) is 0 Å². The molecule has 2 bridgehead atoms. The molecule has 5 atom stereocenters. The molecule has 1 aromatic heterocycles. The van der Waals surface area contributed by atoms with Crippen molar-refractivity contribution in [3.63, 3.8) is 0 Å². The largest absolute Gasteiger partial charge is 0.395 e. The summed E-state index contributed by atoms with van der Waals surface area (Å²) in [5.74, 6) is -0.163. The highest BCUT2D eigenvalue weighted by molar-refractivity contribution is 5.82. The minimum absolute atomic E-state index is 0.00351. The second-order valence-electron chi connectivity index (χ2n) is 8.44. The maximum atomic E-state index is 13.3. The van der Waals surface area contributed by atoms with Crippen LogP contribution in [0.4, 0.5) is 0 Å². The standard InChI is InChI=1S/C20H28N4O4/c1-12(26)23-8-13-6-14(9-23)19(24-17(13)4-3-5-18(24)27)20(28)21-15-7-16(11-25)22(2)10-15/h3-5,13-16,19,25H,6-11H2,1-2H3,(H,21,28)/t13-,14+,15-,16+,19-/m1/s1. The van der Waals surface area contributed by atoms with Crippen molar-refractivity contribution in [2.24, 2.45) is 5.92 Å². The summed E-state index contributed by atoms with van der Waals surface area (Å²) >= 11 is 0. The third-order valence-corrected chi connectivity index (χ3v) is 6.61. The minimum Gasteiger partial charge on any atom is -0.395 e. The first-order valence-corrected chi connectivity index (χ1v) is 9.97. The molecule has 1 aromatic rings. The molecule has 4 heterocycles. The van der Waals surface area contributed by atoms with Crippen LogP contribution in [0.15, 0.2) is 23.0 Å². The summed E-state index contributed by atoms with van der Waals surface area (Å²) < 4.78 is 1.65. The SMILES string of the molecule is CC(=O)N1C[C@H]2C[C@@H](C1)[C@H](C(=O)N[C@@H]1C[C@@H](CO)N(C)C1)n1c2cccc1=O. The molecule has 8 heteroatoms. The lowest BCUT2D eigenvalue weighted by Gasteiger charge is -2.46. The number of carbonyl (C=O) groups excluding carboxylic acids is 2. The second-order valence-corrected chi connectivity index (χ2v) is 8.44. The molecule has 152 valence electrons. The number of hydrogen-bond acceptors (Lipinski definition) is 5. The third-order valence-electron chi connectivity index (χ3n) is 6.61. The first kappa shape index (κ1) is 19.1. The Labute approximate surface area is 164 Å². The van der Waals surface area contributed by atoms with Crippen LogP contribution in [0.25, 0.3) is 0 Å². The van der Waals surface area contributed by atoms with E-state index in [1.165, 1.54) is 6.07 Å². The van der Waals surface area contributed by atoms with E-state index in [1.807, 2.05) is 18.0 Å². The average molecular weight is 388 g/mol. The van der Waals surface area contributed by atoms with Crippen molar-refractivity contribution in [2.45, 2.75) is 43.8 Å². The zero-order valence-electron chi connectivity index (χ0n) is 16.4. The fourth-order valence-corrected chi connectivity index (χ4v) is 5.21. The summed E-state index contributed by atoms with van der Waals surface area (Å²) in [5, 5.41) is 12.6. The van der Waals surface area contributed by atoms with Crippen molar-refractivity contribution in [3.8, 4) is 0 Å². The number of nitrogens with one attached hydrogen (secondary N) is 1. The Morgan fingerprint density at radius 1 is 1.21 bits per heavy atom. The van der Waals surface area contributed by atoms with Gasteiger partial charge in [-0.05, 0) is 26.0 Å². The molecular weight excluding hydrogens is 360 g/mol. The predicted octanol–water partition coefficient (Wildman–Crippen LogP) is -0.464. The quantitative estimate of drug-likeness (QED) is 0.731. The Hall–Kier alpha value is -2.19. The number of piperidine rings is 1. The Balaban J connectivity index is 1.63. The van der Waals surface area contributed by atoms with E-state index in [0.717, 1.165) is 12.1 Å². The van der Waals surface area contributed by atoms with Crippen LogP contribution in [0, 0.1) is 5.92 Å². The molecule has 0 aliphatic carbocycles. The Kier molecular flexibility index (Phi) is 5.01. The molecule has 2 N–H and O–H groups in total. The number of rotatable bonds is 3.